The third kappa shape index (κ3) is 2.34. The summed E-state index contributed by atoms with van der Waals surface area (Å²) in [7, 11) is 0. The maximum Gasteiger partial charge on any atom is 0.256 e. The maximum atomic E-state index is 12.6. The number of nitrogens with zero attached hydrogens (tertiary/aromatic N) is 1. The maximum absolute atomic E-state index is 12.6. The minimum atomic E-state index is 0.00764. The molecule has 2 rings (SSSR count). The molecule has 2 N–H and O–H groups in total. The summed E-state index contributed by atoms with van der Waals surface area (Å²) < 4.78 is 5.54. The molecule has 98 valence electrons. The van der Waals surface area contributed by atoms with Gasteiger partial charge in [0.2, 0.25) is 0 Å². The Balaban J connectivity index is 2.30. The van der Waals surface area contributed by atoms with Gasteiger partial charge in [-0.05, 0) is 32.4 Å². The number of nitrogens with two attached hydrogens (primary N) is 1. The van der Waals surface area contributed by atoms with E-state index in [1.165, 1.54) is 0 Å². The van der Waals surface area contributed by atoms with Crippen LogP contribution < -0.4 is 5.73 Å². The van der Waals surface area contributed by atoms with E-state index in [-0.39, 0.29) is 18.1 Å². The Labute approximate surface area is 108 Å². The Bertz CT molecular complexity index is 439. The van der Waals surface area contributed by atoms with Crippen molar-refractivity contribution in [2.45, 2.75) is 32.9 Å². The van der Waals surface area contributed by atoms with Crippen LogP contribution in [0.25, 0.3) is 0 Å². The third-order valence-corrected chi connectivity index (χ3v) is 3.39. The quantitative estimate of drug-likeness (QED) is 0.771. The summed E-state index contributed by atoms with van der Waals surface area (Å²) in [6.45, 7) is 7.09. The van der Waals surface area contributed by atoms with Gasteiger partial charge in [0.15, 0.2) is 0 Å². The average Bonchev–Trinajstić information content (AvgIpc) is 2.32. The SMILES string of the molecule is Cc1cccc(N)c1C(=O)N1CC(C)OCC1C. The molecule has 18 heavy (non-hydrogen) atoms. The van der Waals surface area contributed by atoms with Crippen LogP contribution in [0.4, 0.5) is 5.69 Å². The highest BCUT2D eigenvalue weighted by molar-refractivity contribution is 6.00. The van der Waals surface area contributed by atoms with Crippen molar-refractivity contribution < 1.29 is 9.53 Å². The highest BCUT2D eigenvalue weighted by Crippen LogP contribution is 2.22. The fraction of sp³-hybridized carbons (Fsp3) is 0.500. The molecule has 0 aromatic heterocycles. The molecular weight excluding hydrogens is 228 g/mol. The van der Waals surface area contributed by atoms with Gasteiger partial charge in [-0.25, -0.2) is 0 Å². The molecule has 2 atom stereocenters. The Morgan fingerprint density at radius 3 is 2.83 bits per heavy atom. The van der Waals surface area contributed by atoms with Gasteiger partial charge in [0.25, 0.3) is 5.91 Å². The Hall–Kier alpha value is -1.55. The topological polar surface area (TPSA) is 55.6 Å². The second-order valence-corrected chi connectivity index (χ2v) is 4.99. The Kier molecular flexibility index (Phi) is 3.57. The fourth-order valence-corrected chi connectivity index (χ4v) is 2.31. The number of amides is 1. The van der Waals surface area contributed by atoms with Crippen molar-refractivity contribution in [3.05, 3.63) is 29.3 Å². The number of carbonyl (C=O) groups is 1. The standard InChI is InChI=1S/C14H20N2O2/c1-9-5-4-6-12(15)13(9)14(17)16-7-11(3)18-8-10(16)2/h4-6,10-11H,7-8,15H2,1-3H3. The first-order valence-electron chi connectivity index (χ1n) is 6.28. The molecule has 0 aliphatic carbocycles. The first-order valence-corrected chi connectivity index (χ1v) is 6.28. The van der Waals surface area contributed by atoms with E-state index < -0.39 is 0 Å². The first kappa shape index (κ1) is 12.9. The van der Waals surface area contributed by atoms with Gasteiger partial charge in [-0.3, -0.25) is 4.79 Å². The number of ether oxygens (including phenoxy) is 1. The van der Waals surface area contributed by atoms with E-state index in [2.05, 4.69) is 0 Å². The molecule has 1 amide bonds. The molecule has 0 radical (unpaired) electrons. The monoisotopic (exact) mass is 248 g/mol. The summed E-state index contributed by atoms with van der Waals surface area (Å²) in [4.78, 5) is 14.4. The summed E-state index contributed by atoms with van der Waals surface area (Å²) in [6, 6.07) is 5.65. The molecule has 1 aromatic rings. The van der Waals surface area contributed by atoms with Crippen molar-refractivity contribution in [2.24, 2.45) is 0 Å². The predicted molar refractivity (Wildman–Crippen MR) is 71.5 cm³/mol. The number of hydrogen-bond acceptors (Lipinski definition) is 3. The van der Waals surface area contributed by atoms with Gasteiger partial charge in [0.1, 0.15) is 0 Å². The number of morpholine rings is 1. The van der Waals surface area contributed by atoms with Crippen molar-refractivity contribution in [2.75, 3.05) is 18.9 Å². The van der Waals surface area contributed by atoms with Gasteiger partial charge < -0.3 is 15.4 Å². The number of carbonyl (C=O) groups excluding carboxylic acids is 1. The number of anilines is 1. The summed E-state index contributed by atoms with van der Waals surface area (Å²) in [6.07, 6.45) is 0.0791. The highest BCUT2D eigenvalue weighted by Gasteiger charge is 2.29. The van der Waals surface area contributed by atoms with Crippen LogP contribution in [0.3, 0.4) is 0 Å². The number of nitrogen functional groups attached to an aromatic ring is 1. The zero-order valence-corrected chi connectivity index (χ0v) is 11.1. The molecule has 4 nitrogen and oxygen atoms in total. The van der Waals surface area contributed by atoms with Crippen LogP contribution in [0.15, 0.2) is 18.2 Å². The van der Waals surface area contributed by atoms with Gasteiger partial charge in [-0.2, -0.15) is 0 Å². The van der Waals surface area contributed by atoms with Crippen molar-refractivity contribution in [3.8, 4) is 0 Å². The summed E-state index contributed by atoms with van der Waals surface area (Å²) >= 11 is 0. The van der Waals surface area contributed by atoms with Crippen LogP contribution in [-0.4, -0.2) is 36.1 Å². The summed E-state index contributed by atoms with van der Waals surface area (Å²) in [5, 5.41) is 0. The van der Waals surface area contributed by atoms with E-state index in [1.807, 2.05) is 37.8 Å². The number of hydrogen-bond donors (Lipinski definition) is 1. The average molecular weight is 248 g/mol. The molecule has 1 aromatic carbocycles. The van der Waals surface area contributed by atoms with Crippen LogP contribution in [0, 0.1) is 6.92 Å². The summed E-state index contributed by atoms with van der Waals surface area (Å²) in [5.74, 6) is 0.00764. The first-order chi connectivity index (χ1) is 8.50. The van der Waals surface area contributed by atoms with E-state index in [1.54, 1.807) is 6.07 Å². The van der Waals surface area contributed by atoms with Gasteiger partial charge >= 0.3 is 0 Å². The zero-order valence-electron chi connectivity index (χ0n) is 11.1. The van der Waals surface area contributed by atoms with Crippen LogP contribution in [0.5, 0.6) is 0 Å². The lowest BCUT2D eigenvalue weighted by molar-refractivity contribution is -0.0386. The van der Waals surface area contributed by atoms with Gasteiger partial charge in [-0.1, -0.05) is 12.1 Å². The van der Waals surface area contributed by atoms with Crippen molar-refractivity contribution in [3.63, 3.8) is 0 Å². The van der Waals surface area contributed by atoms with Gasteiger partial charge in [0.05, 0.1) is 24.3 Å². The van der Waals surface area contributed by atoms with E-state index in [0.29, 0.717) is 24.4 Å². The molecule has 1 aliphatic rings. The minimum absolute atomic E-state index is 0.00764. The molecule has 1 aliphatic heterocycles. The smallest absolute Gasteiger partial charge is 0.256 e. The van der Waals surface area contributed by atoms with E-state index in [0.717, 1.165) is 5.56 Å². The van der Waals surface area contributed by atoms with E-state index in [9.17, 15) is 4.79 Å². The normalized spacial score (nSPS) is 24.1. The molecule has 1 fully saturated rings. The molecule has 0 saturated carbocycles. The minimum Gasteiger partial charge on any atom is -0.398 e. The van der Waals surface area contributed by atoms with Crippen LogP contribution in [0.2, 0.25) is 0 Å². The molecule has 0 bridgehead atoms. The van der Waals surface area contributed by atoms with Crippen molar-refractivity contribution in [1.82, 2.24) is 4.90 Å². The van der Waals surface area contributed by atoms with Crippen LogP contribution >= 0.6 is 0 Å². The fourth-order valence-electron chi connectivity index (χ4n) is 2.31. The Morgan fingerprint density at radius 1 is 1.44 bits per heavy atom. The molecule has 4 heteroatoms. The van der Waals surface area contributed by atoms with Crippen molar-refractivity contribution >= 4 is 11.6 Å². The molecule has 0 spiro atoms. The lowest BCUT2D eigenvalue weighted by Crippen LogP contribution is -2.50. The second kappa shape index (κ2) is 4.98. The van der Waals surface area contributed by atoms with E-state index in [4.69, 9.17) is 10.5 Å². The molecule has 2 unspecified atom stereocenters. The Morgan fingerprint density at radius 2 is 2.17 bits per heavy atom. The molecule has 1 saturated heterocycles. The third-order valence-electron chi connectivity index (χ3n) is 3.39. The lowest BCUT2D eigenvalue weighted by Gasteiger charge is -2.37. The lowest BCUT2D eigenvalue weighted by atomic mass is 10.0. The predicted octanol–water partition coefficient (Wildman–Crippen LogP) is 1.83. The largest absolute Gasteiger partial charge is 0.398 e. The number of rotatable bonds is 1. The van der Waals surface area contributed by atoms with Gasteiger partial charge in [0, 0.05) is 12.2 Å². The zero-order chi connectivity index (χ0) is 13.3. The van der Waals surface area contributed by atoms with Crippen molar-refractivity contribution in [1.29, 1.82) is 0 Å². The number of benzene rings is 1. The van der Waals surface area contributed by atoms with Gasteiger partial charge in [-0.15, -0.1) is 0 Å². The highest BCUT2D eigenvalue weighted by atomic mass is 16.5. The summed E-state index contributed by atoms with van der Waals surface area (Å²) in [5.41, 5.74) is 8.02. The number of aryl methyl sites for hydroxylation is 1. The molecule has 1 heterocycles. The van der Waals surface area contributed by atoms with E-state index >= 15 is 0 Å². The van der Waals surface area contributed by atoms with Crippen LogP contribution in [0.1, 0.15) is 29.8 Å². The second-order valence-electron chi connectivity index (χ2n) is 4.99. The van der Waals surface area contributed by atoms with Crippen LogP contribution in [-0.2, 0) is 4.74 Å². The molecular formula is C14H20N2O2.